The average Bonchev–Trinajstić information content (AvgIpc) is 2.79. The third kappa shape index (κ3) is 2.19. The lowest BCUT2D eigenvalue weighted by atomic mass is 9.86. The van der Waals surface area contributed by atoms with E-state index in [0.29, 0.717) is 0 Å². The number of anilines is 1. The molecule has 3 nitrogen and oxygen atoms in total. The van der Waals surface area contributed by atoms with Crippen molar-refractivity contribution in [2.45, 2.75) is 38.1 Å². The van der Waals surface area contributed by atoms with E-state index in [2.05, 4.69) is 35.0 Å². The summed E-state index contributed by atoms with van der Waals surface area (Å²) in [5.74, 6) is 0. The van der Waals surface area contributed by atoms with Crippen LogP contribution in [0.3, 0.4) is 0 Å². The fourth-order valence-corrected chi connectivity index (χ4v) is 2.89. The fraction of sp³-hybridized carbons (Fsp3) is 0.533. The van der Waals surface area contributed by atoms with Gasteiger partial charge in [0.2, 0.25) is 6.08 Å². The van der Waals surface area contributed by atoms with E-state index in [1.54, 1.807) is 6.08 Å². The van der Waals surface area contributed by atoms with E-state index in [4.69, 9.17) is 0 Å². The molecular formula is C15H20N2O. The van der Waals surface area contributed by atoms with Crippen LogP contribution in [0.15, 0.2) is 23.2 Å². The van der Waals surface area contributed by atoms with Crippen LogP contribution in [0, 0.1) is 6.92 Å². The minimum absolute atomic E-state index is 0.338. The number of hydrogen-bond acceptors (Lipinski definition) is 3. The van der Waals surface area contributed by atoms with Gasteiger partial charge in [-0.05, 0) is 31.4 Å². The second-order valence-corrected chi connectivity index (χ2v) is 5.36. The van der Waals surface area contributed by atoms with E-state index >= 15 is 0 Å². The number of hydrogen-bond donors (Lipinski definition) is 0. The van der Waals surface area contributed by atoms with Crippen LogP contribution in [0.5, 0.6) is 0 Å². The van der Waals surface area contributed by atoms with E-state index in [0.717, 1.165) is 31.4 Å². The van der Waals surface area contributed by atoms with Crippen LogP contribution in [-0.2, 0) is 10.3 Å². The molecule has 3 heteroatoms. The zero-order chi connectivity index (χ0) is 13.2. The molecule has 96 valence electrons. The van der Waals surface area contributed by atoms with Gasteiger partial charge < -0.3 is 4.90 Å². The maximum Gasteiger partial charge on any atom is 0.235 e. The van der Waals surface area contributed by atoms with Crippen LogP contribution < -0.4 is 4.90 Å². The molecule has 0 radical (unpaired) electrons. The quantitative estimate of drug-likeness (QED) is 0.604. The van der Waals surface area contributed by atoms with Crippen LogP contribution in [0.1, 0.15) is 36.8 Å². The van der Waals surface area contributed by atoms with Gasteiger partial charge in [-0.1, -0.05) is 25.0 Å². The van der Waals surface area contributed by atoms with E-state index in [9.17, 15) is 4.79 Å². The lowest BCUT2D eigenvalue weighted by Gasteiger charge is -2.29. The Morgan fingerprint density at radius 1 is 1.28 bits per heavy atom. The first-order valence-electron chi connectivity index (χ1n) is 6.46. The largest absolute Gasteiger partial charge is 0.377 e. The van der Waals surface area contributed by atoms with Gasteiger partial charge in [0.15, 0.2) is 0 Å². The van der Waals surface area contributed by atoms with E-state index < -0.39 is 0 Å². The first kappa shape index (κ1) is 12.8. The molecule has 2 rings (SSSR count). The molecule has 0 saturated heterocycles. The van der Waals surface area contributed by atoms with Gasteiger partial charge in [-0.25, -0.2) is 4.79 Å². The molecule has 0 bridgehead atoms. The maximum atomic E-state index is 10.8. The highest BCUT2D eigenvalue weighted by Crippen LogP contribution is 2.45. The van der Waals surface area contributed by atoms with Crippen molar-refractivity contribution in [3.8, 4) is 0 Å². The Bertz CT molecular complexity index is 481. The van der Waals surface area contributed by atoms with Gasteiger partial charge in [0, 0.05) is 25.3 Å². The van der Waals surface area contributed by atoms with Crippen LogP contribution in [0.2, 0.25) is 0 Å². The summed E-state index contributed by atoms with van der Waals surface area (Å²) in [6.07, 6.45) is 5.95. The normalized spacial score (nSPS) is 17.3. The molecule has 1 aliphatic carbocycles. The number of nitrogens with zero attached hydrogens (tertiary/aromatic N) is 2. The number of isocyanates is 1. The summed E-state index contributed by atoms with van der Waals surface area (Å²) in [7, 11) is 4.07. The Morgan fingerprint density at radius 3 is 2.50 bits per heavy atom. The molecule has 1 aromatic rings. The summed E-state index contributed by atoms with van der Waals surface area (Å²) < 4.78 is 0. The second kappa shape index (κ2) is 4.95. The summed E-state index contributed by atoms with van der Waals surface area (Å²) in [4.78, 5) is 17.0. The van der Waals surface area contributed by atoms with Crippen LogP contribution in [0.25, 0.3) is 0 Å². The van der Waals surface area contributed by atoms with Crippen molar-refractivity contribution in [3.05, 3.63) is 29.3 Å². The van der Waals surface area contributed by atoms with E-state index in [-0.39, 0.29) is 5.54 Å². The molecule has 0 amide bonds. The summed E-state index contributed by atoms with van der Waals surface area (Å²) in [6, 6.07) is 6.38. The van der Waals surface area contributed by atoms with Gasteiger partial charge in [-0.3, -0.25) is 0 Å². The number of rotatable bonds is 3. The summed E-state index contributed by atoms with van der Waals surface area (Å²) in [5.41, 5.74) is 3.22. The third-order valence-corrected chi connectivity index (χ3v) is 3.83. The highest BCUT2D eigenvalue weighted by Gasteiger charge is 2.37. The topological polar surface area (TPSA) is 32.7 Å². The molecule has 1 aliphatic rings. The first-order chi connectivity index (χ1) is 8.59. The third-order valence-electron chi connectivity index (χ3n) is 3.83. The average molecular weight is 244 g/mol. The molecule has 0 heterocycles. The van der Waals surface area contributed by atoms with Crippen molar-refractivity contribution >= 4 is 11.8 Å². The molecule has 18 heavy (non-hydrogen) atoms. The zero-order valence-corrected chi connectivity index (χ0v) is 11.4. The molecule has 1 fully saturated rings. The molecular weight excluding hydrogens is 224 g/mol. The van der Waals surface area contributed by atoms with Crippen LogP contribution in [-0.4, -0.2) is 20.2 Å². The van der Waals surface area contributed by atoms with Gasteiger partial charge in [0.25, 0.3) is 0 Å². The summed E-state index contributed by atoms with van der Waals surface area (Å²) in [6.45, 7) is 2.08. The minimum Gasteiger partial charge on any atom is -0.377 e. The van der Waals surface area contributed by atoms with Gasteiger partial charge in [0.1, 0.15) is 5.54 Å². The van der Waals surface area contributed by atoms with E-state index in [1.165, 1.54) is 11.1 Å². The fourth-order valence-electron chi connectivity index (χ4n) is 2.89. The molecule has 1 aromatic carbocycles. The highest BCUT2D eigenvalue weighted by molar-refractivity contribution is 5.58. The van der Waals surface area contributed by atoms with Crippen molar-refractivity contribution in [1.29, 1.82) is 0 Å². The predicted molar refractivity (Wildman–Crippen MR) is 73.8 cm³/mol. The molecule has 0 aliphatic heterocycles. The van der Waals surface area contributed by atoms with Gasteiger partial charge in [0.05, 0.1) is 0 Å². The van der Waals surface area contributed by atoms with Crippen LogP contribution in [0.4, 0.5) is 5.69 Å². The summed E-state index contributed by atoms with van der Waals surface area (Å²) >= 11 is 0. The lowest BCUT2D eigenvalue weighted by molar-refractivity contribution is 0.456. The molecule has 0 aromatic heterocycles. The minimum atomic E-state index is -0.338. The maximum absolute atomic E-state index is 10.8. The Morgan fingerprint density at radius 2 is 1.94 bits per heavy atom. The molecule has 0 atom stereocenters. The monoisotopic (exact) mass is 244 g/mol. The Kier molecular flexibility index (Phi) is 3.53. The number of aryl methyl sites for hydroxylation is 1. The van der Waals surface area contributed by atoms with Crippen molar-refractivity contribution in [1.82, 2.24) is 0 Å². The highest BCUT2D eigenvalue weighted by atomic mass is 16.1. The van der Waals surface area contributed by atoms with Crippen molar-refractivity contribution in [2.75, 3.05) is 19.0 Å². The van der Waals surface area contributed by atoms with Gasteiger partial charge in [-0.2, -0.15) is 4.99 Å². The predicted octanol–water partition coefficient (Wildman–Crippen LogP) is 3.17. The number of aliphatic imine (C=N–C) groups is 1. The van der Waals surface area contributed by atoms with Crippen molar-refractivity contribution in [2.24, 2.45) is 4.99 Å². The first-order valence-corrected chi connectivity index (χ1v) is 6.46. The Labute approximate surface area is 109 Å². The summed E-state index contributed by atoms with van der Waals surface area (Å²) in [5, 5.41) is 0. The van der Waals surface area contributed by atoms with Crippen molar-refractivity contribution < 1.29 is 4.79 Å². The van der Waals surface area contributed by atoms with E-state index in [1.807, 2.05) is 14.1 Å². The zero-order valence-electron chi connectivity index (χ0n) is 11.4. The Balaban J connectivity index is 2.57. The SMILES string of the molecule is Cc1ccc(C2(N=C=O)CCCC2)c(N(C)C)c1. The Hall–Kier alpha value is -1.60. The second-order valence-electron chi connectivity index (χ2n) is 5.36. The number of carbonyl (C=O) groups excluding carboxylic acids is 1. The molecule has 0 unspecified atom stereocenters. The van der Waals surface area contributed by atoms with Crippen LogP contribution >= 0.6 is 0 Å². The van der Waals surface area contributed by atoms with Gasteiger partial charge >= 0.3 is 0 Å². The molecule has 0 spiro atoms. The smallest absolute Gasteiger partial charge is 0.235 e. The lowest BCUT2D eigenvalue weighted by Crippen LogP contribution is -2.23. The molecule has 1 saturated carbocycles. The molecule has 0 N–H and O–H groups in total. The number of benzene rings is 1. The van der Waals surface area contributed by atoms with Gasteiger partial charge in [-0.15, -0.1) is 0 Å². The van der Waals surface area contributed by atoms with Crippen molar-refractivity contribution in [3.63, 3.8) is 0 Å². The standard InChI is InChI=1S/C15H20N2O/c1-12-6-7-13(14(10-12)17(2)3)15(16-11-18)8-4-5-9-15/h6-7,10H,4-5,8-9H2,1-3H3.